The molecule has 0 aliphatic carbocycles. The predicted molar refractivity (Wildman–Crippen MR) is 75.4 cm³/mol. The molecule has 2 N–H and O–H groups in total. The number of aromatic nitrogens is 2. The van der Waals surface area contributed by atoms with Gasteiger partial charge >= 0.3 is 5.97 Å². The number of imidazole rings is 1. The van der Waals surface area contributed by atoms with Crippen molar-refractivity contribution in [3.8, 4) is 0 Å². The molecular formula is C14H26N2O3. The fourth-order valence-electron chi connectivity index (χ4n) is 1.77. The molecule has 0 aliphatic rings. The second-order valence-electron chi connectivity index (χ2n) is 4.75. The standard InChI is InChI=1S/C12H20N2O3.C2H6/c1-5-6-7-8-13-10(12(2,3)17)9(11(15)16)14(8)4;1-2/h17H,5-7H2,1-4H3,(H,15,16);1-2H3. The topological polar surface area (TPSA) is 75.3 Å². The van der Waals surface area contributed by atoms with Crippen LogP contribution >= 0.6 is 0 Å². The number of aliphatic hydroxyl groups is 1. The summed E-state index contributed by atoms with van der Waals surface area (Å²) < 4.78 is 1.56. The molecule has 0 saturated carbocycles. The largest absolute Gasteiger partial charge is 0.477 e. The van der Waals surface area contributed by atoms with Gasteiger partial charge in [-0.25, -0.2) is 9.78 Å². The third-order valence-electron chi connectivity index (χ3n) is 2.72. The molecule has 1 aromatic heterocycles. The van der Waals surface area contributed by atoms with Crippen LogP contribution in [0.15, 0.2) is 0 Å². The summed E-state index contributed by atoms with van der Waals surface area (Å²) in [5.74, 6) is -0.346. The summed E-state index contributed by atoms with van der Waals surface area (Å²) >= 11 is 0. The van der Waals surface area contributed by atoms with E-state index < -0.39 is 11.6 Å². The average molecular weight is 270 g/mol. The molecule has 110 valence electrons. The summed E-state index contributed by atoms with van der Waals surface area (Å²) in [6.07, 6.45) is 2.70. The minimum absolute atomic E-state index is 0.0728. The third kappa shape index (κ3) is 4.35. The van der Waals surface area contributed by atoms with E-state index in [4.69, 9.17) is 0 Å². The molecule has 19 heavy (non-hydrogen) atoms. The average Bonchev–Trinajstić information content (AvgIpc) is 2.66. The molecule has 0 atom stereocenters. The predicted octanol–water partition coefficient (Wildman–Crippen LogP) is 2.71. The van der Waals surface area contributed by atoms with Crippen LogP contribution < -0.4 is 0 Å². The van der Waals surface area contributed by atoms with E-state index in [1.54, 1.807) is 25.5 Å². The monoisotopic (exact) mass is 270 g/mol. The Bertz CT molecular complexity index is 417. The maximum atomic E-state index is 11.2. The van der Waals surface area contributed by atoms with Gasteiger partial charge in [0.05, 0.1) is 0 Å². The summed E-state index contributed by atoms with van der Waals surface area (Å²) in [5, 5.41) is 19.1. The number of aryl methyl sites for hydroxylation is 1. The lowest BCUT2D eigenvalue weighted by atomic mass is 10.0. The summed E-state index contributed by atoms with van der Waals surface area (Å²) in [4.78, 5) is 15.5. The van der Waals surface area contributed by atoms with E-state index in [0.29, 0.717) is 5.82 Å². The smallest absolute Gasteiger partial charge is 0.354 e. The first kappa shape index (κ1) is 17.6. The Morgan fingerprint density at radius 2 is 1.89 bits per heavy atom. The minimum atomic E-state index is -1.24. The molecule has 0 unspecified atom stereocenters. The van der Waals surface area contributed by atoms with Gasteiger partial charge in [-0.1, -0.05) is 27.2 Å². The Kier molecular flexibility index (Phi) is 6.76. The van der Waals surface area contributed by atoms with E-state index in [0.717, 1.165) is 19.3 Å². The maximum absolute atomic E-state index is 11.2. The Morgan fingerprint density at radius 1 is 1.37 bits per heavy atom. The van der Waals surface area contributed by atoms with Gasteiger partial charge in [0.1, 0.15) is 17.1 Å². The first-order valence-electron chi connectivity index (χ1n) is 6.80. The zero-order valence-electron chi connectivity index (χ0n) is 12.8. The minimum Gasteiger partial charge on any atom is -0.477 e. The molecule has 0 amide bonds. The van der Waals surface area contributed by atoms with E-state index in [1.807, 2.05) is 13.8 Å². The zero-order chi connectivity index (χ0) is 15.2. The number of hydrogen-bond donors (Lipinski definition) is 2. The second kappa shape index (κ2) is 7.28. The van der Waals surface area contributed by atoms with E-state index in [9.17, 15) is 15.0 Å². The van der Waals surface area contributed by atoms with Crippen LogP contribution in [0.2, 0.25) is 0 Å². The molecule has 0 fully saturated rings. The van der Waals surface area contributed by atoms with Gasteiger partial charge in [-0.3, -0.25) is 0 Å². The molecule has 5 heteroatoms. The fourth-order valence-corrected chi connectivity index (χ4v) is 1.77. The van der Waals surface area contributed by atoms with Crippen LogP contribution in [0.25, 0.3) is 0 Å². The highest BCUT2D eigenvalue weighted by Crippen LogP contribution is 2.24. The SMILES string of the molecule is CC.CCCCc1nc(C(C)(C)O)c(C(=O)O)n1C. The van der Waals surface area contributed by atoms with Crippen molar-refractivity contribution in [1.29, 1.82) is 0 Å². The highest BCUT2D eigenvalue weighted by Gasteiger charge is 2.30. The molecule has 0 bridgehead atoms. The van der Waals surface area contributed by atoms with Gasteiger partial charge in [-0.2, -0.15) is 0 Å². The Labute approximate surface area is 115 Å². The highest BCUT2D eigenvalue weighted by atomic mass is 16.4. The summed E-state index contributed by atoms with van der Waals surface area (Å²) in [5.41, 5.74) is -0.933. The van der Waals surface area contributed by atoms with Crippen LogP contribution in [0.5, 0.6) is 0 Å². The highest BCUT2D eigenvalue weighted by molar-refractivity contribution is 5.87. The molecule has 5 nitrogen and oxygen atoms in total. The van der Waals surface area contributed by atoms with Gasteiger partial charge < -0.3 is 14.8 Å². The summed E-state index contributed by atoms with van der Waals surface area (Å²) in [6.45, 7) is 9.16. The molecule has 0 radical (unpaired) electrons. The van der Waals surface area contributed by atoms with E-state index >= 15 is 0 Å². The van der Waals surface area contributed by atoms with Crippen LogP contribution in [0, 0.1) is 0 Å². The van der Waals surface area contributed by atoms with Crippen molar-refractivity contribution in [3.05, 3.63) is 17.2 Å². The molecule has 1 rings (SSSR count). The first-order chi connectivity index (χ1) is 8.79. The normalized spacial score (nSPS) is 10.9. The lowest BCUT2D eigenvalue weighted by Crippen LogP contribution is -2.21. The molecule has 0 saturated heterocycles. The van der Waals surface area contributed by atoms with Gasteiger partial charge in [-0.05, 0) is 20.3 Å². The van der Waals surface area contributed by atoms with Crippen molar-refractivity contribution in [2.75, 3.05) is 0 Å². The Balaban J connectivity index is 0.00000154. The van der Waals surface area contributed by atoms with Crippen molar-refractivity contribution in [2.45, 2.75) is 59.5 Å². The lowest BCUT2D eigenvalue weighted by molar-refractivity contribution is 0.0603. The van der Waals surface area contributed by atoms with Gasteiger partial charge in [0.2, 0.25) is 0 Å². The van der Waals surface area contributed by atoms with Gasteiger partial charge in [0.25, 0.3) is 0 Å². The third-order valence-corrected chi connectivity index (χ3v) is 2.72. The molecule has 0 aromatic carbocycles. The van der Waals surface area contributed by atoms with Crippen LogP contribution in [0.3, 0.4) is 0 Å². The quantitative estimate of drug-likeness (QED) is 0.862. The lowest BCUT2D eigenvalue weighted by Gasteiger charge is -2.15. The van der Waals surface area contributed by atoms with Crippen molar-refractivity contribution in [1.82, 2.24) is 9.55 Å². The van der Waals surface area contributed by atoms with Crippen molar-refractivity contribution < 1.29 is 15.0 Å². The molecular weight excluding hydrogens is 244 g/mol. The maximum Gasteiger partial charge on any atom is 0.354 e. The summed E-state index contributed by atoms with van der Waals surface area (Å²) in [6, 6.07) is 0. The van der Waals surface area contributed by atoms with E-state index in [1.165, 1.54) is 0 Å². The van der Waals surface area contributed by atoms with Crippen LogP contribution in [-0.2, 0) is 19.1 Å². The Morgan fingerprint density at radius 3 is 2.21 bits per heavy atom. The molecule has 0 spiro atoms. The number of unbranched alkanes of at least 4 members (excludes halogenated alkanes) is 1. The van der Waals surface area contributed by atoms with E-state index in [-0.39, 0.29) is 11.4 Å². The number of carbonyl (C=O) groups is 1. The van der Waals surface area contributed by atoms with Crippen molar-refractivity contribution in [2.24, 2.45) is 7.05 Å². The number of hydrogen-bond acceptors (Lipinski definition) is 3. The zero-order valence-corrected chi connectivity index (χ0v) is 12.8. The van der Waals surface area contributed by atoms with Crippen molar-refractivity contribution in [3.63, 3.8) is 0 Å². The number of rotatable bonds is 5. The van der Waals surface area contributed by atoms with Gasteiger partial charge in [-0.15, -0.1) is 0 Å². The summed E-state index contributed by atoms with van der Waals surface area (Å²) in [7, 11) is 1.68. The fraction of sp³-hybridized carbons (Fsp3) is 0.714. The molecule has 0 aliphatic heterocycles. The van der Waals surface area contributed by atoms with Gasteiger partial charge in [0, 0.05) is 13.5 Å². The van der Waals surface area contributed by atoms with E-state index in [2.05, 4.69) is 11.9 Å². The number of carboxylic acids is 1. The van der Waals surface area contributed by atoms with Crippen molar-refractivity contribution >= 4 is 5.97 Å². The van der Waals surface area contributed by atoms with Crippen LogP contribution in [-0.4, -0.2) is 25.7 Å². The first-order valence-corrected chi connectivity index (χ1v) is 6.80. The number of nitrogens with zero attached hydrogens (tertiary/aromatic N) is 2. The second-order valence-corrected chi connectivity index (χ2v) is 4.75. The molecule has 1 aromatic rings. The van der Waals surface area contributed by atoms with Crippen LogP contribution in [0.1, 0.15) is 69.5 Å². The van der Waals surface area contributed by atoms with Crippen LogP contribution in [0.4, 0.5) is 0 Å². The Hall–Kier alpha value is -1.36. The number of aromatic carboxylic acids is 1. The van der Waals surface area contributed by atoms with Gasteiger partial charge in [0.15, 0.2) is 5.69 Å². The number of carboxylic acid groups (broad SMARTS) is 1. The molecule has 1 heterocycles.